The topological polar surface area (TPSA) is 192 Å². The molecule has 1 aromatic carbocycles. The Morgan fingerprint density at radius 3 is 2.50 bits per heavy atom. The SMILES string of the molecule is C[C@H]1c2c(-c3ccco3)ccc(O)c2C(O)=C2C(=O)[C@]3(O)C(O)=C(C(N)=O)C(=O)C[C@@H]3[C@@H](O)[C@@H]21. The molecule has 34 heavy (non-hydrogen) atoms. The Bertz CT molecular complexity index is 1340. The molecule has 5 atom stereocenters. The van der Waals surface area contributed by atoms with E-state index in [4.69, 9.17) is 10.2 Å². The van der Waals surface area contributed by atoms with E-state index in [0.29, 0.717) is 16.9 Å². The number of aliphatic hydroxyl groups excluding tert-OH is 3. The van der Waals surface area contributed by atoms with E-state index in [2.05, 4.69) is 0 Å². The van der Waals surface area contributed by atoms with Crippen molar-refractivity contribution in [2.24, 2.45) is 17.6 Å². The minimum Gasteiger partial charge on any atom is -0.508 e. The zero-order valence-electron chi connectivity index (χ0n) is 17.8. The highest BCUT2D eigenvalue weighted by molar-refractivity contribution is 6.23. The number of phenols is 1. The second-order valence-corrected chi connectivity index (χ2v) is 8.88. The van der Waals surface area contributed by atoms with E-state index in [1.807, 2.05) is 0 Å². The maximum absolute atomic E-state index is 13.6. The van der Waals surface area contributed by atoms with E-state index >= 15 is 0 Å². The van der Waals surface area contributed by atoms with Gasteiger partial charge in [-0.2, -0.15) is 0 Å². The van der Waals surface area contributed by atoms with Crippen LogP contribution in [0.5, 0.6) is 5.75 Å². The first-order valence-corrected chi connectivity index (χ1v) is 10.6. The first-order chi connectivity index (χ1) is 16.0. The summed E-state index contributed by atoms with van der Waals surface area (Å²) in [5, 5.41) is 55.0. The Morgan fingerprint density at radius 1 is 1.18 bits per heavy atom. The van der Waals surface area contributed by atoms with E-state index in [0.717, 1.165) is 0 Å². The van der Waals surface area contributed by atoms with Gasteiger partial charge in [-0.1, -0.05) is 6.92 Å². The van der Waals surface area contributed by atoms with Crippen molar-refractivity contribution < 1.29 is 44.3 Å². The molecule has 10 nitrogen and oxygen atoms in total. The lowest BCUT2D eigenvalue weighted by Gasteiger charge is -2.50. The van der Waals surface area contributed by atoms with Gasteiger partial charge >= 0.3 is 0 Å². The van der Waals surface area contributed by atoms with Crippen LogP contribution in [0.3, 0.4) is 0 Å². The summed E-state index contributed by atoms with van der Waals surface area (Å²) in [4.78, 5) is 37.8. The number of aliphatic hydroxyl groups is 4. The van der Waals surface area contributed by atoms with E-state index in [1.54, 1.807) is 25.1 Å². The van der Waals surface area contributed by atoms with Crippen LogP contribution in [0.1, 0.15) is 30.4 Å². The smallest absolute Gasteiger partial charge is 0.255 e. The van der Waals surface area contributed by atoms with Gasteiger partial charge in [0.2, 0.25) is 5.78 Å². The largest absolute Gasteiger partial charge is 0.508 e. The molecule has 0 spiro atoms. The number of furan rings is 1. The van der Waals surface area contributed by atoms with E-state index in [9.17, 15) is 39.9 Å². The highest BCUT2D eigenvalue weighted by Gasteiger charge is 2.65. The fraction of sp³-hybridized carbons (Fsp3) is 0.292. The summed E-state index contributed by atoms with van der Waals surface area (Å²) in [7, 11) is 0. The number of rotatable bonds is 2. The zero-order chi connectivity index (χ0) is 24.7. The van der Waals surface area contributed by atoms with Crippen LogP contribution in [0.4, 0.5) is 0 Å². The number of nitrogens with two attached hydrogens (primary N) is 1. The number of phenolic OH excluding ortho intramolecular Hbond substituents is 1. The van der Waals surface area contributed by atoms with E-state index in [-0.39, 0.29) is 11.3 Å². The molecule has 1 heterocycles. The third-order valence-electron chi connectivity index (χ3n) is 7.27. The fourth-order valence-corrected chi connectivity index (χ4v) is 5.73. The molecule has 1 fully saturated rings. The molecule has 0 bridgehead atoms. The highest BCUT2D eigenvalue weighted by Crippen LogP contribution is 2.57. The summed E-state index contributed by atoms with van der Waals surface area (Å²) in [6.45, 7) is 1.66. The van der Waals surface area contributed by atoms with Crippen LogP contribution in [0.25, 0.3) is 17.1 Å². The van der Waals surface area contributed by atoms with Crippen molar-refractivity contribution in [2.45, 2.75) is 31.0 Å². The second kappa shape index (κ2) is 7.05. The van der Waals surface area contributed by atoms with Gasteiger partial charge in [0.25, 0.3) is 5.91 Å². The summed E-state index contributed by atoms with van der Waals surface area (Å²) in [6, 6.07) is 6.21. The van der Waals surface area contributed by atoms with E-state index in [1.165, 1.54) is 12.3 Å². The predicted molar refractivity (Wildman–Crippen MR) is 115 cm³/mol. The lowest BCUT2D eigenvalue weighted by atomic mass is 9.55. The van der Waals surface area contributed by atoms with Gasteiger partial charge in [0.15, 0.2) is 11.4 Å². The van der Waals surface area contributed by atoms with Crippen LogP contribution in [0.15, 0.2) is 51.9 Å². The average molecular weight is 467 g/mol. The van der Waals surface area contributed by atoms with Gasteiger partial charge in [-0.3, -0.25) is 14.4 Å². The summed E-state index contributed by atoms with van der Waals surface area (Å²) < 4.78 is 5.48. The summed E-state index contributed by atoms with van der Waals surface area (Å²) >= 11 is 0. The van der Waals surface area contributed by atoms with Crippen molar-refractivity contribution >= 4 is 23.2 Å². The molecule has 176 valence electrons. The number of Topliss-reactive ketones (excluding diaryl/α,β-unsaturated/α-hetero) is 2. The molecular weight excluding hydrogens is 446 g/mol. The second-order valence-electron chi connectivity index (χ2n) is 8.88. The summed E-state index contributed by atoms with van der Waals surface area (Å²) in [5.41, 5.74) is 1.79. The van der Waals surface area contributed by atoms with Crippen LogP contribution in [0.2, 0.25) is 0 Å². The Hall–Kier alpha value is -3.89. The molecule has 1 saturated carbocycles. The zero-order valence-corrected chi connectivity index (χ0v) is 17.8. The molecule has 3 aliphatic carbocycles. The number of hydrogen-bond donors (Lipinski definition) is 6. The fourth-order valence-electron chi connectivity index (χ4n) is 5.73. The molecule has 7 N–H and O–H groups in total. The molecule has 0 radical (unpaired) electrons. The van der Waals surface area contributed by atoms with Crippen molar-refractivity contribution in [3.8, 4) is 17.1 Å². The summed E-state index contributed by atoms with van der Waals surface area (Å²) in [5.74, 6) is -8.60. The van der Waals surface area contributed by atoms with Gasteiger partial charge < -0.3 is 35.7 Å². The number of amides is 1. The minimum atomic E-state index is -2.86. The maximum atomic E-state index is 13.6. The number of hydrogen-bond acceptors (Lipinski definition) is 9. The Labute approximate surface area is 192 Å². The molecule has 0 saturated heterocycles. The third kappa shape index (κ3) is 2.54. The van der Waals surface area contributed by atoms with Crippen LogP contribution < -0.4 is 5.73 Å². The molecular formula is C24H21NO9. The highest BCUT2D eigenvalue weighted by atomic mass is 16.4. The molecule has 0 aliphatic heterocycles. The van der Waals surface area contributed by atoms with Crippen molar-refractivity contribution in [3.63, 3.8) is 0 Å². The molecule has 0 unspecified atom stereocenters. The van der Waals surface area contributed by atoms with Gasteiger partial charge in [-0.05, 0) is 35.7 Å². The minimum absolute atomic E-state index is 0.0827. The monoisotopic (exact) mass is 467 g/mol. The molecule has 2 aromatic rings. The normalized spacial score (nSPS) is 30.7. The van der Waals surface area contributed by atoms with Crippen LogP contribution in [-0.4, -0.2) is 54.7 Å². The van der Waals surface area contributed by atoms with Gasteiger partial charge in [0, 0.05) is 29.4 Å². The first kappa shape index (κ1) is 21.9. The number of benzene rings is 1. The Kier molecular flexibility index (Phi) is 4.55. The number of ketones is 2. The standard InChI is InChI=1S/C24H21NO9/c1-8-14-9(13-3-2-6-34-13)4-5-11(26)16(14)20(29)18-15(8)19(28)10-7-12(27)17(23(25)32)21(30)24(10,33)22(18)31/h2-6,8,10,15,19,26,28-30,33H,7H2,1H3,(H2,25,32)/t8-,10+,15+,19+,24+/m0/s1. The van der Waals surface area contributed by atoms with E-state index < -0.39 is 76.0 Å². The molecule has 1 aromatic heterocycles. The van der Waals surface area contributed by atoms with Crippen LogP contribution in [-0.2, 0) is 14.4 Å². The number of carbonyl (C=O) groups excluding carboxylic acids is 3. The van der Waals surface area contributed by atoms with Gasteiger partial charge in [-0.15, -0.1) is 0 Å². The maximum Gasteiger partial charge on any atom is 0.255 e. The lowest BCUT2D eigenvalue weighted by molar-refractivity contribution is -0.160. The number of aromatic hydroxyl groups is 1. The predicted octanol–water partition coefficient (Wildman–Crippen LogP) is 1.22. The number of fused-ring (bicyclic) bond motifs is 3. The van der Waals surface area contributed by atoms with Gasteiger partial charge in [0.1, 0.15) is 28.6 Å². The van der Waals surface area contributed by atoms with Crippen molar-refractivity contribution in [3.05, 3.63) is 58.6 Å². The lowest BCUT2D eigenvalue weighted by Crippen LogP contribution is -2.63. The van der Waals surface area contributed by atoms with Crippen molar-refractivity contribution in [1.29, 1.82) is 0 Å². The molecule has 3 aliphatic rings. The number of carbonyl (C=O) groups is 3. The Morgan fingerprint density at radius 2 is 1.88 bits per heavy atom. The van der Waals surface area contributed by atoms with Gasteiger partial charge in [0.05, 0.1) is 17.9 Å². The molecule has 5 rings (SSSR count). The third-order valence-corrected chi connectivity index (χ3v) is 7.27. The molecule has 1 amide bonds. The Balaban J connectivity index is 1.80. The number of primary amides is 1. The van der Waals surface area contributed by atoms with Crippen LogP contribution >= 0.6 is 0 Å². The van der Waals surface area contributed by atoms with Crippen LogP contribution in [0, 0.1) is 11.8 Å². The van der Waals surface area contributed by atoms with Crippen molar-refractivity contribution in [2.75, 3.05) is 0 Å². The van der Waals surface area contributed by atoms with Gasteiger partial charge in [-0.25, -0.2) is 0 Å². The van der Waals surface area contributed by atoms with Crippen molar-refractivity contribution in [1.82, 2.24) is 0 Å². The average Bonchev–Trinajstić information content (AvgIpc) is 3.31. The summed E-state index contributed by atoms with van der Waals surface area (Å²) in [6.07, 6.45) is -0.766. The quantitative estimate of drug-likeness (QED) is 0.352. The first-order valence-electron chi connectivity index (χ1n) is 10.6. The molecule has 10 heteroatoms.